The molecule has 3 rings (SSSR count). The third-order valence-electron chi connectivity index (χ3n) is 8.23. The van der Waals surface area contributed by atoms with E-state index in [2.05, 4.69) is 16.0 Å². The number of carbonyl (C=O) groups excluding carboxylic acids is 5. The van der Waals surface area contributed by atoms with Gasteiger partial charge in [0, 0.05) is 26.4 Å². The third-order valence-corrected chi connectivity index (χ3v) is 8.23. The molecule has 2 fully saturated rings. The zero-order valence-electron chi connectivity index (χ0n) is 24.9. The molecule has 0 aromatic heterocycles. The summed E-state index contributed by atoms with van der Waals surface area (Å²) in [7, 11) is 2.98. The maximum atomic E-state index is 13.9. The van der Waals surface area contributed by atoms with Crippen molar-refractivity contribution in [1.29, 1.82) is 0 Å². The van der Waals surface area contributed by atoms with Crippen LogP contribution in [0.3, 0.4) is 0 Å². The molecule has 0 radical (unpaired) electrons. The molecule has 5 atom stereocenters. The van der Waals surface area contributed by atoms with Gasteiger partial charge < -0.3 is 20.9 Å². The molecule has 2 heterocycles. The maximum absolute atomic E-state index is 13.9. The first-order chi connectivity index (χ1) is 19.5. The van der Waals surface area contributed by atoms with Gasteiger partial charge in [0.05, 0.1) is 7.11 Å². The highest BCUT2D eigenvalue weighted by Crippen LogP contribution is 2.26. The quantitative estimate of drug-likeness (QED) is 0.289. The Balaban J connectivity index is 1.82. The fourth-order valence-electron chi connectivity index (χ4n) is 5.37. The summed E-state index contributed by atoms with van der Waals surface area (Å²) < 4.78 is 0. The van der Waals surface area contributed by atoms with E-state index in [9.17, 15) is 24.0 Å². The van der Waals surface area contributed by atoms with Crippen LogP contribution < -0.4 is 16.0 Å². The number of fused-ring (bicyclic) bond motifs is 1. The Labute approximate surface area is 242 Å². The van der Waals surface area contributed by atoms with Crippen molar-refractivity contribution >= 4 is 29.5 Å². The van der Waals surface area contributed by atoms with Gasteiger partial charge in [0.25, 0.3) is 0 Å². The normalized spacial score (nSPS) is 27.2. The van der Waals surface area contributed by atoms with Crippen molar-refractivity contribution in [3.05, 3.63) is 35.9 Å². The average Bonchev–Trinajstić information content (AvgIpc) is 3.36. The molecule has 11 nitrogen and oxygen atoms in total. The number of rotatable bonds is 10. The fraction of sp³-hybridized carbons (Fsp3) is 0.633. The van der Waals surface area contributed by atoms with Crippen LogP contribution in [0.25, 0.3) is 0 Å². The summed E-state index contributed by atoms with van der Waals surface area (Å²) in [5, 5.41) is 9.85. The number of nitrogens with one attached hydrogen (secondary N) is 3. The van der Waals surface area contributed by atoms with Crippen LogP contribution in [0, 0.1) is 5.92 Å². The summed E-state index contributed by atoms with van der Waals surface area (Å²) in [6.07, 6.45) is 3.53. The lowest BCUT2D eigenvalue weighted by atomic mass is 9.94. The SMILES string of the molecule is CC[C@]1(C)NC(=O)[C@H](CCCCCC(=O)N(C)OC)NC(=O)[C@H]2C[C@H](C)CN2C(=O)[C@H](Cc2ccccc2)NC1=O. The highest BCUT2D eigenvalue weighted by atomic mass is 16.7. The number of nitrogens with zero attached hydrogens (tertiary/aromatic N) is 2. The van der Waals surface area contributed by atoms with Crippen LogP contribution in [0.5, 0.6) is 0 Å². The average molecular weight is 572 g/mol. The van der Waals surface area contributed by atoms with Crippen molar-refractivity contribution in [2.24, 2.45) is 5.92 Å². The van der Waals surface area contributed by atoms with Crippen molar-refractivity contribution in [2.75, 3.05) is 20.7 Å². The van der Waals surface area contributed by atoms with Crippen molar-refractivity contribution in [3.8, 4) is 0 Å². The Hall–Kier alpha value is -3.47. The molecule has 1 aromatic carbocycles. The smallest absolute Gasteiger partial charge is 0.246 e. The molecule has 2 aliphatic heterocycles. The van der Waals surface area contributed by atoms with Gasteiger partial charge in [0.2, 0.25) is 29.5 Å². The summed E-state index contributed by atoms with van der Waals surface area (Å²) in [5.74, 6) is -1.62. The largest absolute Gasteiger partial charge is 0.343 e. The molecule has 226 valence electrons. The molecular formula is C30H45N5O6. The van der Waals surface area contributed by atoms with Gasteiger partial charge >= 0.3 is 0 Å². The Morgan fingerprint density at radius 1 is 1.05 bits per heavy atom. The maximum Gasteiger partial charge on any atom is 0.246 e. The summed E-state index contributed by atoms with van der Waals surface area (Å²) in [5.41, 5.74) is -0.409. The number of unbranched alkanes of at least 4 members (excludes halogenated alkanes) is 2. The number of hydrogen-bond donors (Lipinski definition) is 3. The van der Waals surface area contributed by atoms with Crippen LogP contribution in [-0.2, 0) is 35.2 Å². The zero-order valence-corrected chi connectivity index (χ0v) is 24.9. The van der Waals surface area contributed by atoms with Gasteiger partial charge in [0.15, 0.2) is 0 Å². The Bertz CT molecular complexity index is 1100. The highest BCUT2D eigenvalue weighted by Gasteiger charge is 2.44. The van der Waals surface area contributed by atoms with Crippen molar-refractivity contribution in [3.63, 3.8) is 0 Å². The van der Waals surface area contributed by atoms with Crippen LogP contribution in [-0.4, -0.2) is 83.9 Å². The van der Waals surface area contributed by atoms with Crippen LogP contribution in [0.1, 0.15) is 71.3 Å². The molecule has 3 N–H and O–H groups in total. The minimum Gasteiger partial charge on any atom is -0.343 e. The monoisotopic (exact) mass is 571 g/mol. The molecule has 1 aromatic rings. The number of benzene rings is 1. The second-order valence-electron chi connectivity index (χ2n) is 11.5. The molecule has 5 amide bonds. The second-order valence-corrected chi connectivity index (χ2v) is 11.5. The first-order valence-corrected chi connectivity index (χ1v) is 14.6. The zero-order chi connectivity index (χ0) is 30.2. The highest BCUT2D eigenvalue weighted by molar-refractivity contribution is 5.99. The van der Waals surface area contributed by atoms with E-state index in [4.69, 9.17) is 4.84 Å². The first-order valence-electron chi connectivity index (χ1n) is 14.6. The van der Waals surface area contributed by atoms with Crippen molar-refractivity contribution < 1.29 is 28.8 Å². The Morgan fingerprint density at radius 3 is 2.41 bits per heavy atom. The third kappa shape index (κ3) is 8.28. The molecular weight excluding hydrogens is 526 g/mol. The van der Waals surface area contributed by atoms with E-state index in [0.717, 1.165) is 5.56 Å². The fourth-order valence-corrected chi connectivity index (χ4v) is 5.37. The molecule has 0 spiro atoms. The topological polar surface area (TPSA) is 137 Å². The molecule has 2 saturated heterocycles. The van der Waals surface area contributed by atoms with E-state index in [1.54, 1.807) is 25.8 Å². The first kappa shape index (κ1) is 32.0. The molecule has 0 aliphatic carbocycles. The van der Waals surface area contributed by atoms with Gasteiger partial charge in [-0.2, -0.15) is 0 Å². The molecule has 0 bridgehead atoms. The van der Waals surface area contributed by atoms with E-state index >= 15 is 0 Å². The lowest BCUT2D eigenvalue weighted by molar-refractivity contribution is -0.168. The van der Waals surface area contributed by atoms with Crippen molar-refractivity contribution in [1.82, 2.24) is 25.9 Å². The molecule has 41 heavy (non-hydrogen) atoms. The Kier molecular flexibility index (Phi) is 11.3. The van der Waals surface area contributed by atoms with Gasteiger partial charge in [-0.1, -0.05) is 57.0 Å². The summed E-state index contributed by atoms with van der Waals surface area (Å²) in [6, 6.07) is 6.91. The van der Waals surface area contributed by atoms with Crippen LogP contribution in [0.4, 0.5) is 0 Å². The van der Waals surface area contributed by atoms with Gasteiger partial charge in [-0.05, 0) is 44.1 Å². The lowest BCUT2D eigenvalue weighted by Gasteiger charge is -2.36. The van der Waals surface area contributed by atoms with E-state index in [1.165, 1.54) is 12.2 Å². The van der Waals surface area contributed by atoms with Crippen LogP contribution in [0.15, 0.2) is 30.3 Å². The summed E-state index contributed by atoms with van der Waals surface area (Å²) in [4.78, 5) is 73.1. The lowest BCUT2D eigenvalue weighted by Crippen LogP contribution is -2.65. The molecule has 11 heteroatoms. The Morgan fingerprint density at radius 2 is 1.76 bits per heavy atom. The number of carbonyl (C=O) groups is 5. The number of hydroxylamine groups is 2. The summed E-state index contributed by atoms with van der Waals surface area (Å²) >= 11 is 0. The standard InChI is InChI=1S/C30H45N5O6/c1-6-30(3)29(40)32-23(18-21-13-9-7-10-14-21)28(39)35-19-20(2)17-24(35)27(38)31-22(26(37)33-30)15-11-8-12-16-25(36)34(4)41-5/h7,9-10,13-14,20,22-24H,6,8,11-12,15-19H2,1-5H3,(H,31,38)(H,32,40)(H,33,37)/t20-,22-,23-,24+,30-/m0/s1. The number of hydrogen-bond acceptors (Lipinski definition) is 6. The van der Waals surface area contributed by atoms with Crippen molar-refractivity contribution in [2.45, 2.75) is 95.8 Å². The van der Waals surface area contributed by atoms with Gasteiger partial charge in [-0.3, -0.25) is 28.8 Å². The van der Waals surface area contributed by atoms with E-state index in [-0.39, 0.29) is 36.5 Å². The van der Waals surface area contributed by atoms with Gasteiger partial charge in [-0.25, -0.2) is 5.06 Å². The predicted octanol–water partition coefficient (Wildman–Crippen LogP) is 1.70. The van der Waals surface area contributed by atoms with Crippen LogP contribution >= 0.6 is 0 Å². The minimum absolute atomic E-state index is 0.0869. The van der Waals surface area contributed by atoms with E-state index in [0.29, 0.717) is 45.1 Å². The van der Waals surface area contributed by atoms with E-state index in [1.807, 2.05) is 37.3 Å². The van der Waals surface area contributed by atoms with Gasteiger partial charge in [-0.15, -0.1) is 0 Å². The van der Waals surface area contributed by atoms with Crippen LogP contribution in [0.2, 0.25) is 0 Å². The molecule has 0 unspecified atom stereocenters. The molecule has 2 aliphatic rings. The van der Waals surface area contributed by atoms with Gasteiger partial charge in [0.1, 0.15) is 23.7 Å². The summed E-state index contributed by atoms with van der Waals surface area (Å²) in [6.45, 7) is 5.80. The molecule has 0 saturated carbocycles. The van der Waals surface area contributed by atoms with E-state index < -0.39 is 35.5 Å². The minimum atomic E-state index is -1.29. The number of amides is 5. The second kappa shape index (κ2) is 14.4. The predicted molar refractivity (Wildman–Crippen MR) is 153 cm³/mol.